The molecule has 0 radical (unpaired) electrons. The molecule has 0 aliphatic rings. The third-order valence-corrected chi connectivity index (χ3v) is 2.95. The predicted molar refractivity (Wildman–Crippen MR) is 93.1 cm³/mol. The van der Waals surface area contributed by atoms with Gasteiger partial charge < -0.3 is 4.74 Å². The fourth-order valence-corrected chi connectivity index (χ4v) is 1.79. The zero-order valence-electron chi connectivity index (χ0n) is 13.8. The normalized spacial score (nSPS) is 9.50. The molecule has 0 aliphatic heterocycles. The molecule has 0 fully saturated rings. The average Bonchev–Trinajstić information content (AvgIpc) is 2.51. The molecular formula is C20H28O2. The van der Waals surface area contributed by atoms with Gasteiger partial charge in [-0.05, 0) is 50.5 Å². The number of carbonyl (C=O) groups excluding carboxylic acids is 1. The quantitative estimate of drug-likeness (QED) is 0.237. The first-order chi connectivity index (χ1) is 10.8. The summed E-state index contributed by atoms with van der Waals surface area (Å²) in [6.07, 6.45) is 14.6. The zero-order valence-corrected chi connectivity index (χ0v) is 13.8. The van der Waals surface area contributed by atoms with Gasteiger partial charge in [-0.1, -0.05) is 43.3 Å². The Kier molecular flexibility index (Phi) is 15.6. The van der Waals surface area contributed by atoms with Gasteiger partial charge in [-0.25, -0.2) is 0 Å². The van der Waals surface area contributed by atoms with E-state index in [-0.39, 0.29) is 5.97 Å². The summed E-state index contributed by atoms with van der Waals surface area (Å²) in [5.74, 6) is 11.6. The molecule has 0 heterocycles. The third kappa shape index (κ3) is 16.1. The Morgan fingerprint density at radius 3 is 2.64 bits per heavy atom. The van der Waals surface area contributed by atoms with Crippen molar-refractivity contribution in [1.82, 2.24) is 0 Å². The minimum atomic E-state index is -0.0783. The van der Waals surface area contributed by atoms with Gasteiger partial charge in [-0.2, -0.15) is 0 Å². The number of unbranched alkanes of at least 4 members (excludes halogenated alkanes) is 6. The average molecular weight is 300 g/mol. The molecule has 0 saturated heterocycles. The molecular weight excluding hydrogens is 272 g/mol. The van der Waals surface area contributed by atoms with Gasteiger partial charge in [-0.15, -0.1) is 6.58 Å². The highest BCUT2D eigenvalue weighted by molar-refractivity contribution is 5.69. The smallest absolute Gasteiger partial charge is 0.305 e. The van der Waals surface area contributed by atoms with Crippen molar-refractivity contribution in [2.24, 2.45) is 0 Å². The fraction of sp³-hybridized carbons (Fsp3) is 0.550. The van der Waals surface area contributed by atoms with Crippen LogP contribution in [0.15, 0.2) is 24.8 Å². The molecule has 0 amide bonds. The van der Waals surface area contributed by atoms with E-state index in [0.29, 0.717) is 13.0 Å². The lowest BCUT2D eigenvalue weighted by Gasteiger charge is -2.01. The number of carbonyl (C=O) groups is 1. The maximum atomic E-state index is 11.1. The summed E-state index contributed by atoms with van der Waals surface area (Å²) in [7, 11) is 0. The second-order valence-electron chi connectivity index (χ2n) is 4.91. The standard InChI is InChI=1S/C20H28O2/c1-3-5-6-7-8-9-10-11-12-13-14-15-16-17-18-19-20(21)22-4-2/h3,7-8H,1,4-6,13-19H2,2H3. The second-order valence-corrected chi connectivity index (χ2v) is 4.91. The van der Waals surface area contributed by atoms with Crippen LogP contribution in [0.5, 0.6) is 0 Å². The van der Waals surface area contributed by atoms with Gasteiger partial charge in [-0.3, -0.25) is 4.79 Å². The van der Waals surface area contributed by atoms with Crippen LogP contribution in [-0.4, -0.2) is 12.6 Å². The van der Waals surface area contributed by atoms with Crippen LogP contribution < -0.4 is 0 Å². The number of allylic oxidation sites excluding steroid dienone is 3. The lowest BCUT2D eigenvalue weighted by atomic mass is 10.1. The highest BCUT2D eigenvalue weighted by Crippen LogP contribution is 2.07. The van der Waals surface area contributed by atoms with E-state index in [1.807, 2.05) is 25.2 Å². The molecule has 0 unspecified atom stereocenters. The van der Waals surface area contributed by atoms with E-state index in [1.165, 1.54) is 0 Å². The van der Waals surface area contributed by atoms with Crippen molar-refractivity contribution in [3.8, 4) is 23.7 Å². The summed E-state index contributed by atoms with van der Waals surface area (Å²) in [5, 5.41) is 0. The molecule has 0 aliphatic carbocycles. The number of hydrogen-bond donors (Lipinski definition) is 0. The van der Waals surface area contributed by atoms with Gasteiger partial charge in [0.2, 0.25) is 0 Å². The summed E-state index contributed by atoms with van der Waals surface area (Å²) in [5.41, 5.74) is 0. The second kappa shape index (κ2) is 17.1. The van der Waals surface area contributed by atoms with Crippen LogP contribution in [-0.2, 0) is 9.53 Å². The van der Waals surface area contributed by atoms with E-state index < -0.39 is 0 Å². The number of esters is 1. The van der Waals surface area contributed by atoms with E-state index >= 15 is 0 Å². The predicted octanol–water partition coefficient (Wildman–Crippen LogP) is 4.81. The van der Waals surface area contributed by atoms with E-state index in [9.17, 15) is 4.79 Å². The molecule has 0 atom stereocenters. The van der Waals surface area contributed by atoms with Gasteiger partial charge in [0.1, 0.15) is 0 Å². The first kappa shape index (κ1) is 20.1. The molecule has 0 aromatic rings. The SMILES string of the molecule is C=CCCC=CC#CC#CCCCCCCCC(=O)OCC. The Bertz CT molecular complexity index is 438. The molecule has 0 bridgehead atoms. The minimum absolute atomic E-state index is 0.0783. The Balaban J connectivity index is 3.42. The summed E-state index contributed by atoms with van der Waals surface area (Å²) in [6, 6.07) is 0. The molecule has 2 heteroatoms. The molecule has 0 aromatic carbocycles. The molecule has 0 N–H and O–H groups in total. The van der Waals surface area contributed by atoms with Crippen molar-refractivity contribution in [1.29, 1.82) is 0 Å². The first-order valence-corrected chi connectivity index (χ1v) is 8.21. The van der Waals surface area contributed by atoms with Crippen molar-refractivity contribution >= 4 is 5.97 Å². The third-order valence-electron chi connectivity index (χ3n) is 2.95. The Labute approximate surface area is 136 Å². The molecule has 0 rings (SSSR count). The number of ether oxygens (including phenoxy) is 1. The van der Waals surface area contributed by atoms with Crippen LogP contribution >= 0.6 is 0 Å². The minimum Gasteiger partial charge on any atom is -0.466 e. The van der Waals surface area contributed by atoms with Crippen molar-refractivity contribution in [2.75, 3.05) is 6.61 Å². The lowest BCUT2D eigenvalue weighted by molar-refractivity contribution is -0.143. The summed E-state index contributed by atoms with van der Waals surface area (Å²) < 4.78 is 4.88. The molecule has 22 heavy (non-hydrogen) atoms. The topological polar surface area (TPSA) is 26.3 Å². The van der Waals surface area contributed by atoms with Crippen LogP contribution in [0.4, 0.5) is 0 Å². The molecule has 0 aromatic heterocycles. The van der Waals surface area contributed by atoms with Crippen molar-refractivity contribution < 1.29 is 9.53 Å². The van der Waals surface area contributed by atoms with Gasteiger partial charge in [0.25, 0.3) is 0 Å². The van der Waals surface area contributed by atoms with Crippen LogP contribution in [0, 0.1) is 23.7 Å². The molecule has 2 nitrogen and oxygen atoms in total. The van der Waals surface area contributed by atoms with Crippen LogP contribution in [0.2, 0.25) is 0 Å². The van der Waals surface area contributed by atoms with E-state index in [4.69, 9.17) is 4.74 Å². The van der Waals surface area contributed by atoms with Gasteiger partial charge in [0.15, 0.2) is 0 Å². The maximum absolute atomic E-state index is 11.1. The molecule has 0 spiro atoms. The Morgan fingerprint density at radius 2 is 1.86 bits per heavy atom. The highest BCUT2D eigenvalue weighted by Gasteiger charge is 2.00. The van der Waals surface area contributed by atoms with E-state index in [0.717, 1.165) is 51.4 Å². The Morgan fingerprint density at radius 1 is 1.09 bits per heavy atom. The largest absolute Gasteiger partial charge is 0.466 e. The summed E-state index contributed by atoms with van der Waals surface area (Å²) >= 11 is 0. The lowest BCUT2D eigenvalue weighted by Crippen LogP contribution is -2.03. The van der Waals surface area contributed by atoms with Crippen LogP contribution in [0.1, 0.15) is 64.7 Å². The Hall–Kier alpha value is -1.93. The highest BCUT2D eigenvalue weighted by atomic mass is 16.5. The summed E-state index contributed by atoms with van der Waals surface area (Å²) in [6.45, 7) is 5.98. The van der Waals surface area contributed by atoms with Crippen molar-refractivity contribution in [3.63, 3.8) is 0 Å². The first-order valence-electron chi connectivity index (χ1n) is 8.21. The van der Waals surface area contributed by atoms with Crippen molar-refractivity contribution in [3.05, 3.63) is 24.8 Å². The zero-order chi connectivity index (χ0) is 16.3. The number of hydrogen-bond acceptors (Lipinski definition) is 2. The van der Waals surface area contributed by atoms with Crippen molar-refractivity contribution in [2.45, 2.75) is 64.7 Å². The number of rotatable bonds is 11. The monoisotopic (exact) mass is 300 g/mol. The summed E-state index contributed by atoms with van der Waals surface area (Å²) in [4.78, 5) is 11.1. The fourth-order valence-electron chi connectivity index (χ4n) is 1.79. The maximum Gasteiger partial charge on any atom is 0.305 e. The van der Waals surface area contributed by atoms with E-state index in [1.54, 1.807) is 0 Å². The van der Waals surface area contributed by atoms with Gasteiger partial charge >= 0.3 is 5.97 Å². The van der Waals surface area contributed by atoms with E-state index in [2.05, 4.69) is 30.3 Å². The van der Waals surface area contributed by atoms with Gasteiger partial charge in [0, 0.05) is 12.8 Å². The van der Waals surface area contributed by atoms with Crippen LogP contribution in [0.3, 0.4) is 0 Å². The molecule has 0 saturated carbocycles. The van der Waals surface area contributed by atoms with Gasteiger partial charge in [0.05, 0.1) is 6.61 Å². The molecule has 120 valence electrons. The van der Waals surface area contributed by atoms with Crippen LogP contribution in [0.25, 0.3) is 0 Å².